The second-order valence-electron chi connectivity index (χ2n) is 7.45. The third kappa shape index (κ3) is 3.33. The monoisotopic (exact) mass is 348 g/mol. The van der Waals surface area contributed by atoms with E-state index in [4.69, 9.17) is 4.74 Å². The van der Waals surface area contributed by atoms with Gasteiger partial charge in [-0.25, -0.2) is 0 Å². The lowest BCUT2D eigenvalue weighted by atomic mass is 9.56. The molecule has 1 aliphatic heterocycles. The predicted octanol–water partition coefficient (Wildman–Crippen LogP) is 3.37. The summed E-state index contributed by atoms with van der Waals surface area (Å²) in [6.45, 7) is 8.36. The van der Waals surface area contributed by atoms with Gasteiger partial charge < -0.3 is 9.64 Å². The Morgan fingerprint density at radius 2 is 2.17 bits per heavy atom. The smallest absolute Gasteiger partial charge is 0.232 e. The first kappa shape index (κ1) is 17.7. The molecule has 1 amide bonds. The Balaban J connectivity index is 1.59. The molecule has 0 bridgehead atoms. The van der Waals surface area contributed by atoms with Crippen molar-refractivity contribution in [1.82, 2.24) is 9.88 Å². The summed E-state index contributed by atoms with van der Waals surface area (Å²) >= 11 is 1.70. The normalized spacial score (nSPS) is 27.4. The van der Waals surface area contributed by atoms with Crippen LogP contribution in [0, 0.1) is 11.3 Å². The highest BCUT2D eigenvalue weighted by atomic mass is 32.2. The molecule has 1 aromatic rings. The number of rotatable bonds is 7. The molecule has 24 heavy (non-hydrogen) atoms. The summed E-state index contributed by atoms with van der Waals surface area (Å²) in [4.78, 5) is 19.1. The van der Waals surface area contributed by atoms with Gasteiger partial charge in [-0.3, -0.25) is 9.78 Å². The van der Waals surface area contributed by atoms with Crippen molar-refractivity contribution in [3.63, 3.8) is 0 Å². The first-order chi connectivity index (χ1) is 11.6. The molecule has 5 heteroatoms. The quantitative estimate of drug-likeness (QED) is 0.758. The van der Waals surface area contributed by atoms with Crippen molar-refractivity contribution in [1.29, 1.82) is 0 Å². The molecule has 132 valence electrons. The van der Waals surface area contributed by atoms with Crippen molar-refractivity contribution in [3.8, 4) is 0 Å². The second-order valence-corrected chi connectivity index (χ2v) is 8.43. The van der Waals surface area contributed by atoms with Gasteiger partial charge in [0.2, 0.25) is 5.91 Å². The van der Waals surface area contributed by atoms with Crippen LogP contribution >= 0.6 is 11.8 Å². The summed E-state index contributed by atoms with van der Waals surface area (Å²) in [5.74, 6) is 2.21. The Morgan fingerprint density at radius 1 is 1.42 bits per heavy atom. The molecule has 2 heterocycles. The predicted molar refractivity (Wildman–Crippen MR) is 97.8 cm³/mol. The van der Waals surface area contributed by atoms with E-state index in [2.05, 4.69) is 30.7 Å². The molecule has 1 aromatic heterocycles. The van der Waals surface area contributed by atoms with Crippen LogP contribution in [0.25, 0.3) is 0 Å². The number of pyridine rings is 1. The van der Waals surface area contributed by atoms with Gasteiger partial charge in [0.05, 0.1) is 11.9 Å². The van der Waals surface area contributed by atoms with E-state index in [1.807, 2.05) is 12.1 Å². The number of nitrogens with zero attached hydrogens (tertiary/aromatic N) is 2. The summed E-state index contributed by atoms with van der Waals surface area (Å²) in [5.41, 5.74) is 1.29. The van der Waals surface area contributed by atoms with Crippen LogP contribution in [-0.2, 0) is 15.3 Å². The Kier molecular flexibility index (Phi) is 5.50. The van der Waals surface area contributed by atoms with E-state index in [0.29, 0.717) is 23.8 Å². The van der Waals surface area contributed by atoms with Crippen molar-refractivity contribution in [2.24, 2.45) is 11.3 Å². The van der Waals surface area contributed by atoms with Gasteiger partial charge in [-0.15, -0.1) is 11.8 Å². The molecule has 3 atom stereocenters. The van der Waals surface area contributed by atoms with E-state index in [-0.39, 0.29) is 11.3 Å². The first-order valence-electron chi connectivity index (χ1n) is 8.93. The van der Waals surface area contributed by atoms with Crippen LogP contribution in [0.1, 0.15) is 39.2 Å². The number of carbonyl (C=O) groups is 1. The van der Waals surface area contributed by atoms with Crippen LogP contribution in [0.5, 0.6) is 0 Å². The molecule has 0 spiro atoms. The van der Waals surface area contributed by atoms with Gasteiger partial charge in [-0.1, -0.05) is 20.8 Å². The largest absolute Gasteiger partial charge is 0.377 e. The van der Waals surface area contributed by atoms with Crippen LogP contribution in [0.3, 0.4) is 0 Å². The van der Waals surface area contributed by atoms with Gasteiger partial charge in [0.1, 0.15) is 0 Å². The van der Waals surface area contributed by atoms with E-state index in [1.54, 1.807) is 24.2 Å². The lowest BCUT2D eigenvalue weighted by Gasteiger charge is -2.58. The van der Waals surface area contributed by atoms with Crippen LogP contribution < -0.4 is 0 Å². The number of fused-ring (bicyclic) bond motifs is 1. The van der Waals surface area contributed by atoms with E-state index in [9.17, 15) is 4.79 Å². The van der Waals surface area contributed by atoms with Crippen molar-refractivity contribution < 1.29 is 9.53 Å². The number of aromatic nitrogens is 1. The van der Waals surface area contributed by atoms with Crippen LogP contribution in [-0.4, -0.2) is 46.8 Å². The average Bonchev–Trinajstić information content (AvgIpc) is 3.02. The van der Waals surface area contributed by atoms with Gasteiger partial charge in [-0.2, -0.15) is 0 Å². The molecule has 2 aliphatic rings. The Labute approximate surface area is 149 Å². The van der Waals surface area contributed by atoms with E-state index >= 15 is 0 Å². The highest BCUT2D eigenvalue weighted by molar-refractivity contribution is 7.99. The summed E-state index contributed by atoms with van der Waals surface area (Å²) in [6, 6.07) is 4.35. The molecule has 2 fully saturated rings. The maximum absolute atomic E-state index is 12.9. The minimum absolute atomic E-state index is 0.0712. The molecule has 0 N–H and O–H groups in total. The number of amides is 1. The van der Waals surface area contributed by atoms with Gasteiger partial charge >= 0.3 is 0 Å². The summed E-state index contributed by atoms with van der Waals surface area (Å²) in [7, 11) is 0. The fraction of sp³-hybridized carbons (Fsp3) is 0.684. The molecular weight excluding hydrogens is 320 g/mol. The van der Waals surface area contributed by atoms with E-state index in [1.165, 1.54) is 5.56 Å². The maximum Gasteiger partial charge on any atom is 0.232 e. The number of hydrogen-bond donors (Lipinski definition) is 0. The van der Waals surface area contributed by atoms with Crippen molar-refractivity contribution in [2.75, 3.05) is 18.9 Å². The Morgan fingerprint density at radius 3 is 2.88 bits per heavy atom. The van der Waals surface area contributed by atoms with Crippen LogP contribution in [0.15, 0.2) is 24.5 Å². The van der Waals surface area contributed by atoms with Crippen molar-refractivity contribution in [2.45, 2.75) is 51.5 Å². The van der Waals surface area contributed by atoms with Crippen LogP contribution in [0.4, 0.5) is 0 Å². The number of ether oxygens (including phenoxy) is 1. The fourth-order valence-corrected chi connectivity index (χ4v) is 5.28. The zero-order valence-corrected chi connectivity index (χ0v) is 15.7. The lowest BCUT2D eigenvalue weighted by molar-refractivity contribution is -0.169. The summed E-state index contributed by atoms with van der Waals surface area (Å²) in [5, 5.41) is 0. The van der Waals surface area contributed by atoms with Crippen LogP contribution in [0.2, 0.25) is 0 Å². The first-order valence-corrected chi connectivity index (χ1v) is 10.1. The fourth-order valence-electron chi connectivity index (χ4n) is 4.41. The molecule has 1 aliphatic carbocycles. The van der Waals surface area contributed by atoms with E-state index in [0.717, 1.165) is 31.7 Å². The third-order valence-electron chi connectivity index (χ3n) is 5.40. The van der Waals surface area contributed by atoms with Gasteiger partial charge in [0.15, 0.2) is 0 Å². The maximum atomic E-state index is 12.9. The number of thioether (sulfide) groups is 1. The zero-order chi connectivity index (χ0) is 17.2. The highest BCUT2D eigenvalue weighted by Gasteiger charge is 2.61. The minimum Gasteiger partial charge on any atom is -0.377 e. The number of hydrogen-bond acceptors (Lipinski definition) is 4. The van der Waals surface area contributed by atoms with Gasteiger partial charge in [-0.05, 0) is 30.5 Å². The van der Waals surface area contributed by atoms with Gasteiger partial charge in [0, 0.05) is 48.7 Å². The Bertz CT molecular complexity index is 564. The lowest BCUT2D eigenvalue weighted by Crippen LogP contribution is -2.68. The van der Waals surface area contributed by atoms with Crippen molar-refractivity contribution in [3.05, 3.63) is 30.1 Å². The Hall–Kier alpha value is -1.07. The number of carbonyl (C=O) groups excluding carboxylic acids is 1. The zero-order valence-electron chi connectivity index (χ0n) is 14.9. The second kappa shape index (κ2) is 7.44. The molecular formula is C19H28N2O2S. The highest BCUT2D eigenvalue weighted by Crippen LogP contribution is 2.54. The molecule has 0 aromatic carbocycles. The molecule has 4 nitrogen and oxygen atoms in total. The standard InChI is InChI=1S/C19H28N2O2S/c1-4-10-21(17-15-7-11-23-18(15)19(17,2)3)16(22)13-24-12-14-5-8-20-9-6-14/h5-6,8-9,15,17-18H,4,7,10-13H2,1-3H3/t15-,17-,18+/m1/s1. The third-order valence-corrected chi connectivity index (χ3v) is 6.39. The summed E-state index contributed by atoms with van der Waals surface area (Å²) < 4.78 is 5.90. The minimum atomic E-state index is 0.0712. The summed E-state index contributed by atoms with van der Waals surface area (Å²) in [6.07, 6.45) is 6.04. The van der Waals surface area contributed by atoms with Gasteiger partial charge in [0.25, 0.3) is 0 Å². The van der Waals surface area contributed by atoms with Crippen molar-refractivity contribution >= 4 is 17.7 Å². The molecule has 3 rings (SSSR count). The molecule has 0 unspecified atom stereocenters. The molecule has 0 radical (unpaired) electrons. The topological polar surface area (TPSA) is 42.4 Å². The average molecular weight is 349 g/mol. The molecule has 1 saturated heterocycles. The SMILES string of the molecule is CCCN(C(=O)CSCc1ccncc1)[C@@H]1[C@H]2CCO[C@@H]2C1(C)C. The van der Waals surface area contributed by atoms with E-state index < -0.39 is 0 Å². The molecule has 1 saturated carbocycles.